The average molecular weight is 574 g/mol. The molecule has 0 unspecified atom stereocenters. The molecule has 2 heteroatoms. The fourth-order valence-electron chi connectivity index (χ4n) is 7.11. The zero-order valence-electron chi connectivity index (χ0n) is 24.4. The van der Waals surface area contributed by atoms with Gasteiger partial charge >= 0.3 is 0 Å². The summed E-state index contributed by atoms with van der Waals surface area (Å²) in [6.45, 7) is 0. The molecule has 0 fully saturated rings. The van der Waals surface area contributed by atoms with E-state index in [1.165, 1.54) is 21.5 Å². The van der Waals surface area contributed by atoms with Crippen LogP contribution in [-0.2, 0) is 0 Å². The lowest BCUT2D eigenvalue weighted by molar-refractivity contribution is 0.673. The Bertz CT molecular complexity index is 2600. The van der Waals surface area contributed by atoms with E-state index in [1.54, 1.807) is 0 Å². The van der Waals surface area contributed by atoms with Gasteiger partial charge in [-0.05, 0) is 79.0 Å². The fraction of sp³-hybridized carbons (Fsp3) is 0. The highest BCUT2D eigenvalue weighted by Gasteiger charge is 2.24. The van der Waals surface area contributed by atoms with Gasteiger partial charge in [0.2, 0.25) is 0 Å². The van der Waals surface area contributed by atoms with Crippen LogP contribution in [0.4, 0.5) is 0 Å². The van der Waals surface area contributed by atoms with Gasteiger partial charge in [0.1, 0.15) is 11.2 Å². The second kappa shape index (κ2) is 10.0. The molecule has 0 atom stereocenters. The zero-order valence-corrected chi connectivity index (χ0v) is 24.4. The van der Waals surface area contributed by atoms with Crippen molar-refractivity contribution in [3.05, 3.63) is 174 Å². The Balaban J connectivity index is 1.50. The van der Waals surface area contributed by atoms with Crippen molar-refractivity contribution in [1.29, 1.82) is 5.41 Å². The molecule has 7 aromatic carbocycles. The van der Waals surface area contributed by atoms with Crippen LogP contribution >= 0.6 is 0 Å². The van der Waals surface area contributed by atoms with Gasteiger partial charge in [-0.1, -0.05) is 133 Å². The molecule has 1 heterocycles. The largest absolute Gasteiger partial charge is 0.455 e. The summed E-state index contributed by atoms with van der Waals surface area (Å²) in [6.07, 6.45) is 7.92. The predicted octanol–water partition coefficient (Wildman–Crippen LogP) is 11.7. The van der Waals surface area contributed by atoms with Gasteiger partial charge in [0.15, 0.2) is 0 Å². The third-order valence-electron chi connectivity index (χ3n) is 9.08. The van der Waals surface area contributed by atoms with Gasteiger partial charge in [0.05, 0.1) is 5.71 Å². The lowest BCUT2D eigenvalue weighted by atomic mass is 9.83. The Kier molecular flexibility index (Phi) is 5.69. The molecule has 0 saturated carbocycles. The van der Waals surface area contributed by atoms with Crippen LogP contribution in [0.2, 0.25) is 0 Å². The monoisotopic (exact) mass is 573 g/mol. The van der Waals surface area contributed by atoms with Gasteiger partial charge in [-0.3, -0.25) is 0 Å². The van der Waals surface area contributed by atoms with Crippen molar-refractivity contribution in [1.82, 2.24) is 0 Å². The molecule has 0 saturated heterocycles. The number of allylic oxidation sites excluding steroid dienone is 5. The minimum absolute atomic E-state index is 0.488. The van der Waals surface area contributed by atoms with Crippen LogP contribution < -0.4 is 0 Å². The van der Waals surface area contributed by atoms with Crippen molar-refractivity contribution in [2.45, 2.75) is 0 Å². The van der Waals surface area contributed by atoms with E-state index < -0.39 is 0 Å². The molecule has 8 aromatic rings. The first kappa shape index (κ1) is 25.5. The summed E-state index contributed by atoms with van der Waals surface area (Å²) in [6, 6.07) is 47.2. The maximum atomic E-state index is 9.11. The summed E-state index contributed by atoms with van der Waals surface area (Å²) in [5.41, 5.74) is 8.56. The minimum Gasteiger partial charge on any atom is -0.455 e. The molecule has 0 spiro atoms. The molecule has 9 rings (SSSR count). The van der Waals surface area contributed by atoms with Crippen molar-refractivity contribution in [2.75, 3.05) is 0 Å². The zero-order chi connectivity index (χ0) is 29.9. The van der Waals surface area contributed by atoms with Crippen LogP contribution in [0, 0.1) is 5.41 Å². The quantitative estimate of drug-likeness (QED) is 0.210. The van der Waals surface area contributed by atoms with Gasteiger partial charge in [-0.25, -0.2) is 0 Å². The third-order valence-corrected chi connectivity index (χ3v) is 9.08. The first-order valence-corrected chi connectivity index (χ1v) is 15.3. The van der Waals surface area contributed by atoms with Gasteiger partial charge in [-0.2, -0.15) is 0 Å². The number of hydrogen-bond acceptors (Lipinski definition) is 2. The van der Waals surface area contributed by atoms with Gasteiger partial charge in [0, 0.05) is 21.7 Å². The second-order valence-corrected chi connectivity index (χ2v) is 11.6. The van der Waals surface area contributed by atoms with Gasteiger partial charge in [-0.15, -0.1) is 0 Å². The average Bonchev–Trinajstić information content (AvgIpc) is 3.50. The highest BCUT2D eigenvalue weighted by molar-refractivity contribution is 6.34. The number of hydrogen-bond donors (Lipinski definition) is 1. The Morgan fingerprint density at radius 2 is 1.11 bits per heavy atom. The fourth-order valence-corrected chi connectivity index (χ4v) is 7.11. The van der Waals surface area contributed by atoms with Crippen LogP contribution in [0.25, 0.3) is 71.0 Å². The van der Waals surface area contributed by atoms with E-state index >= 15 is 0 Å². The predicted molar refractivity (Wildman–Crippen MR) is 190 cm³/mol. The SMILES string of the molecule is N=C1C=CC=C/C1=C(\c1cccc(-c2ccccc2)c1)c1cc2c3ccccc3c3ccccc3c2c2oc3ccccc3c12. The Hall–Kier alpha value is -5.99. The minimum atomic E-state index is 0.488. The van der Waals surface area contributed by atoms with Crippen molar-refractivity contribution < 1.29 is 4.42 Å². The van der Waals surface area contributed by atoms with Crippen molar-refractivity contribution in [3.8, 4) is 11.1 Å². The van der Waals surface area contributed by atoms with Gasteiger partial charge < -0.3 is 9.83 Å². The topological polar surface area (TPSA) is 37.0 Å². The summed E-state index contributed by atoms with van der Waals surface area (Å²) in [5, 5.41) is 18.3. The lowest BCUT2D eigenvalue weighted by Crippen LogP contribution is -2.04. The van der Waals surface area contributed by atoms with Crippen molar-refractivity contribution >= 4 is 65.5 Å². The molecule has 1 N–H and O–H groups in total. The van der Waals surface area contributed by atoms with Gasteiger partial charge in [0.25, 0.3) is 0 Å². The van der Waals surface area contributed by atoms with Crippen LogP contribution in [0.15, 0.2) is 168 Å². The Labute approximate surface area is 260 Å². The standard InChI is InChI=1S/C43H27NO/c44-38-23-10-8-21-34(38)40(29-16-12-15-28(25-29)27-13-2-1-3-14-27)37-26-36-32-19-5-4-17-30(32)31-18-6-7-20-33(31)41(36)43-42(37)35-22-9-11-24-39(35)45-43/h1-26,44H/b40-34-,44-38?. The van der Waals surface area contributed by atoms with Crippen molar-refractivity contribution in [2.24, 2.45) is 0 Å². The molecular formula is C43H27NO. The van der Waals surface area contributed by atoms with E-state index in [-0.39, 0.29) is 0 Å². The number of rotatable bonds is 3. The lowest BCUT2D eigenvalue weighted by Gasteiger charge is -2.19. The third kappa shape index (κ3) is 3.93. The molecule has 0 bridgehead atoms. The summed E-state index contributed by atoms with van der Waals surface area (Å²) in [5.74, 6) is 0. The maximum absolute atomic E-state index is 9.11. The van der Waals surface area contributed by atoms with E-state index in [4.69, 9.17) is 9.83 Å². The smallest absolute Gasteiger partial charge is 0.144 e. The van der Waals surface area contributed by atoms with E-state index in [0.717, 1.165) is 66.1 Å². The summed E-state index contributed by atoms with van der Waals surface area (Å²) in [4.78, 5) is 0. The van der Waals surface area contributed by atoms with E-state index in [0.29, 0.717) is 5.71 Å². The number of nitrogens with one attached hydrogen (secondary N) is 1. The molecule has 0 aliphatic heterocycles. The Morgan fingerprint density at radius 3 is 1.89 bits per heavy atom. The van der Waals surface area contributed by atoms with E-state index in [9.17, 15) is 0 Å². The molecule has 1 aliphatic rings. The van der Waals surface area contributed by atoms with Crippen LogP contribution in [-0.4, -0.2) is 5.71 Å². The summed E-state index contributed by atoms with van der Waals surface area (Å²) in [7, 11) is 0. The molecule has 45 heavy (non-hydrogen) atoms. The number of fused-ring (bicyclic) bond motifs is 10. The molecule has 2 nitrogen and oxygen atoms in total. The second-order valence-electron chi connectivity index (χ2n) is 11.6. The highest BCUT2D eigenvalue weighted by Crippen LogP contribution is 2.47. The summed E-state index contributed by atoms with van der Waals surface area (Å²) >= 11 is 0. The van der Waals surface area contributed by atoms with Crippen LogP contribution in [0.5, 0.6) is 0 Å². The number of benzene rings is 7. The van der Waals surface area contributed by atoms with Crippen LogP contribution in [0.3, 0.4) is 0 Å². The Morgan fingerprint density at radius 1 is 0.489 bits per heavy atom. The highest BCUT2D eigenvalue weighted by atomic mass is 16.3. The first-order valence-electron chi connectivity index (χ1n) is 15.3. The molecule has 1 aromatic heterocycles. The van der Waals surface area contributed by atoms with Crippen LogP contribution in [0.1, 0.15) is 11.1 Å². The van der Waals surface area contributed by atoms with E-state index in [2.05, 4.69) is 127 Å². The molecular weight excluding hydrogens is 546 g/mol. The normalized spacial score (nSPS) is 14.4. The molecule has 210 valence electrons. The maximum Gasteiger partial charge on any atom is 0.144 e. The molecule has 1 aliphatic carbocycles. The first-order chi connectivity index (χ1) is 22.3. The summed E-state index contributed by atoms with van der Waals surface area (Å²) < 4.78 is 6.85. The number of furan rings is 1. The van der Waals surface area contributed by atoms with E-state index in [1.807, 2.05) is 30.4 Å². The van der Waals surface area contributed by atoms with Crippen molar-refractivity contribution in [3.63, 3.8) is 0 Å². The molecule has 0 radical (unpaired) electrons. The number of para-hydroxylation sites is 1. The molecule has 0 amide bonds.